The van der Waals surface area contributed by atoms with Crippen LogP contribution in [0.2, 0.25) is 0 Å². The third-order valence-corrected chi connectivity index (χ3v) is 6.37. The molecule has 0 spiro atoms. The largest absolute Gasteiger partial charge is 0.326 e. The lowest BCUT2D eigenvalue weighted by molar-refractivity contribution is -0.923. The van der Waals surface area contributed by atoms with Crippen molar-refractivity contribution in [3.05, 3.63) is 95.0 Å². The Hall–Kier alpha value is -3.02. The third kappa shape index (κ3) is 4.53. The van der Waals surface area contributed by atoms with Gasteiger partial charge in [-0.1, -0.05) is 42.5 Å². The number of fused-ring (bicyclic) bond motifs is 1. The van der Waals surface area contributed by atoms with E-state index in [0.29, 0.717) is 11.6 Å². The fourth-order valence-electron chi connectivity index (χ4n) is 3.26. The lowest BCUT2D eigenvalue weighted by atomic mass is 10.1. The molecule has 29 heavy (non-hydrogen) atoms. The number of nitrogens with zero attached hydrogens (tertiary/aromatic N) is 1. The van der Waals surface area contributed by atoms with Crippen molar-refractivity contribution in [1.82, 2.24) is 4.98 Å². The second-order valence-electron chi connectivity index (χ2n) is 7.28. The van der Waals surface area contributed by atoms with Gasteiger partial charge in [-0.05, 0) is 43.3 Å². The summed E-state index contributed by atoms with van der Waals surface area (Å²) in [6.45, 7) is 3.09. The van der Waals surface area contributed by atoms with E-state index < -0.39 is 0 Å². The zero-order valence-corrected chi connectivity index (χ0v) is 17.4. The average molecular weight is 403 g/mol. The molecule has 2 atom stereocenters. The number of aromatic nitrogens is 1. The second kappa shape index (κ2) is 8.55. The molecule has 3 aromatic carbocycles. The molecule has 146 valence electrons. The van der Waals surface area contributed by atoms with Crippen molar-refractivity contribution < 1.29 is 9.69 Å². The molecule has 0 radical (unpaired) electrons. The van der Waals surface area contributed by atoms with Crippen LogP contribution < -0.4 is 10.2 Å². The summed E-state index contributed by atoms with van der Waals surface area (Å²) >= 11 is 1.77. The first-order valence-electron chi connectivity index (χ1n) is 9.73. The lowest BCUT2D eigenvalue weighted by Crippen LogP contribution is -3.07. The summed E-state index contributed by atoms with van der Waals surface area (Å²) in [6, 6.07) is 25.9. The number of quaternary nitrogens is 1. The first kappa shape index (κ1) is 19.3. The van der Waals surface area contributed by atoms with Gasteiger partial charge < -0.3 is 10.2 Å². The van der Waals surface area contributed by atoms with E-state index in [1.54, 1.807) is 11.3 Å². The van der Waals surface area contributed by atoms with Crippen LogP contribution in [0.1, 0.15) is 33.9 Å². The maximum absolute atomic E-state index is 12.4. The number of hydrogen-bond donors (Lipinski definition) is 2. The molecule has 0 aliphatic carbocycles. The van der Waals surface area contributed by atoms with Crippen molar-refractivity contribution in [2.24, 2.45) is 0 Å². The minimum absolute atomic E-state index is 0.0914. The van der Waals surface area contributed by atoms with Gasteiger partial charge in [0.25, 0.3) is 5.91 Å². The van der Waals surface area contributed by atoms with Crippen LogP contribution in [0.3, 0.4) is 0 Å². The van der Waals surface area contributed by atoms with Crippen molar-refractivity contribution in [2.45, 2.75) is 19.5 Å². The Bertz CT molecular complexity index is 1070. The quantitative estimate of drug-likeness (QED) is 0.504. The Kier molecular flexibility index (Phi) is 5.69. The maximum Gasteiger partial charge on any atom is 0.255 e. The van der Waals surface area contributed by atoms with Crippen molar-refractivity contribution in [3.63, 3.8) is 0 Å². The minimum atomic E-state index is -0.0914. The normalized spacial score (nSPS) is 13.2. The van der Waals surface area contributed by atoms with Crippen LogP contribution in [0.5, 0.6) is 0 Å². The number of carbonyl (C=O) groups is 1. The highest BCUT2D eigenvalue weighted by Gasteiger charge is 2.20. The Morgan fingerprint density at radius 3 is 2.41 bits per heavy atom. The van der Waals surface area contributed by atoms with Crippen molar-refractivity contribution in [3.8, 4) is 0 Å². The highest BCUT2D eigenvalue weighted by molar-refractivity contribution is 7.18. The van der Waals surface area contributed by atoms with E-state index in [0.717, 1.165) is 22.8 Å². The molecule has 1 aromatic heterocycles. The fraction of sp³-hybridized carbons (Fsp3) is 0.167. The molecule has 1 heterocycles. The van der Waals surface area contributed by atoms with Gasteiger partial charge in [-0.2, -0.15) is 0 Å². The van der Waals surface area contributed by atoms with Gasteiger partial charge in [-0.15, -0.1) is 11.3 Å². The Morgan fingerprint density at radius 1 is 1.00 bits per heavy atom. The van der Waals surface area contributed by atoms with E-state index in [-0.39, 0.29) is 5.91 Å². The topological polar surface area (TPSA) is 46.4 Å². The minimum Gasteiger partial charge on any atom is -0.326 e. The number of amides is 1. The molecule has 0 bridgehead atoms. The first-order valence-corrected chi connectivity index (χ1v) is 10.5. The number of thiazole rings is 1. The van der Waals surface area contributed by atoms with Crippen LogP contribution in [0.4, 0.5) is 5.69 Å². The molecule has 0 fully saturated rings. The number of hydrogen-bond acceptors (Lipinski definition) is 3. The van der Waals surface area contributed by atoms with Crippen LogP contribution in [0.15, 0.2) is 78.9 Å². The number of benzene rings is 3. The summed E-state index contributed by atoms with van der Waals surface area (Å²) in [5, 5.41) is 4.07. The monoisotopic (exact) mass is 402 g/mol. The first-order chi connectivity index (χ1) is 14.1. The Morgan fingerprint density at radius 2 is 1.69 bits per heavy atom. The third-order valence-electron chi connectivity index (χ3n) is 5.15. The summed E-state index contributed by atoms with van der Waals surface area (Å²) in [5.74, 6) is -0.0914. The molecule has 0 saturated carbocycles. The van der Waals surface area contributed by atoms with E-state index in [1.165, 1.54) is 15.2 Å². The average Bonchev–Trinajstić information content (AvgIpc) is 3.18. The molecule has 4 nitrogen and oxygen atoms in total. The van der Waals surface area contributed by atoms with E-state index in [2.05, 4.69) is 37.5 Å². The van der Waals surface area contributed by atoms with Crippen LogP contribution >= 0.6 is 11.3 Å². The van der Waals surface area contributed by atoms with Gasteiger partial charge >= 0.3 is 0 Å². The Labute approximate surface area is 174 Å². The molecule has 0 aliphatic rings. The molecule has 0 aliphatic heterocycles. The van der Waals surface area contributed by atoms with Crippen LogP contribution in [0.25, 0.3) is 10.2 Å². The van der Waals surface area contributed by atoms with Gasteiger partial charge in [0.2, 0.25) is 0 Å². The van der Waals surface area contributed by atoms with Gasteiger partial charge in [0.05, 0.1) is 17.3 Å². The van der Waals surface area contributed by atoms with E-state index in [4.69, 9.17) is 4.98 Å². The lowest BCUT2D eigenvalue weighted by Gasteiger charge is -2.20. The molecular formula is C24H24N3OS+. The van der Waals surface area contributed by atoms with Crippen LogP contribution in [0, 0.1) is 0 Å². The zero-order valence-electron chi connectivity index (χ0n) is 16.6. The summed E-state index contributed by atoms with van der Waals surface area (Å²) in [7, 11) is 2.19. The van der Waals surface area contributed by atoms with Crippen LogP contribution in [-0.4, -0.2) is 17.9 Å². The molecule has 1 amide bonds. The van der Waals surface area contributed by atoms with Gasteiger partial charge in [0.1, 0.15) is 12.6 Å². The van der Waals surface area contributed by atoms with E-state index in [1.807, 2.05) is 60.7 Å². The molecule has 4 aromatic rings. The number of rotatable bonds is 6. The van der Waals surface area contributed by atoms with Gasteiger partial charge in [0, 0.05) is 16.8 Å². The summed E-state index contributed by atoms with van der Waals surface area (Å²) in [6.07, 6.45) is 0. The summed E-state index contributed by atoms with van der Waals surface area (Å²) in [5.41, 5.74) is 3.73. The number of nitrogens with one attached hydrogen (secondary N) is 2. The smallest absolute Gasteiger partial charge is 0.255 e. The SMILES string of the molecule is C[C@H](c1nc2ccccc2s1)[NH+](C)Cc1ccc(C(=O)Nc2ccccc2)cc1. The predicted molar refractivity (Wildman–Crippen MR) is 119 cm³/mol. The second-order valence-corrected chi connectivity index (χ2v) is 8.34. The molecular weight excluding hydrogens is 378 g/mol. The summed E-state index contributed by atoms with van der Waals surface area (Å²) in [4.78, 5) is 18.6. The number of anilines is 1. The Balaban J connectivity index is 1.40. The highest BCUT2D eigenvalue weighted by Crippen LogP contribution is 2.24. The number of para-hydroxylation sites is 2. The van der Waals surface area contributed by atoms with Gasteiger partial charge in [0.15, 0.2) is 5.01 Å². The molecule has 4 rings (SSSR count). The van der Waals surface area contributed by atoms with Crippen molar-refractivity contribution in [1.29, 1.82) is 0 Å². The van der Waals surface area contributed by atoms with E-state index >= 15 is 0 Å². The van der Waals surface area contributed by atoms with Gasteiger partial charge in [-0.3, -0.25) is 4.79 Å². The molecule has 0 saturated heterocycles. The van der Waals surface area contributed by atoms with Crippen LogP contribution in [-0.2, 0) is 6.54 Å². The standard InChI is InChI=1S/C24H23N3OS/c1-17(24-26-21-10-6-7-11-22(21)29-24)27(2)16-18-12-14-19(15-13-18)23(28)25-20-8-4-3-5-9-20/h3-15,17H,16H2,1-2H3,(H,25,28)/p+1/t17-/m1/s1. The molecule has 5 heteroatoms. The van der Waals surface area contributed by atoms with Crippen molar-refractivity contribution in [2.75, 3.05) is 12.4 Å². The maximum atomic E-state index is 12.4. The van der Waals surface area contributed by atoms with E-state index in [9.17, 15) is 4.79 Å². The molecule has 2 N–H and O–H groups in total. The highest BCUT2D eigenvalue weighted by atomic mass is 32.1. The van der Waals surface area contributed by atoms with Crippen molar-refractivity contribution >= 4 is 33.1 Å². The zero-order chi connectivity index (χ0) is 20.2. The van der Waals surface area contributed by atoms with Gasteiger partial charge in [-0.25, -0.2) is 4.98 Å². The summed E-state index contributed by atoms with van der Waals surface area (Å²) < 4.78 is 1.23. The number of carbonyl (C=O) groups excluding carboxylic acids is 1. The predicted octanol–water partition coefficient (Wildman–Crippen LogP) is 4.32. The fourth-order valence-corrected chi connectivity index (χ4v) is 4.37. The molecule has 1 unspecified atom stereocenters.